The number of alkyl halides is 1. The molecule has 4 rings (SSSR count). The maximum Gasteiger partial charge on any atom is 0.302 e. The normalized spacial score (nSPS) is 40.3. The Balaban J connectivity index is 1.52. The smallest absolute Gasteiger partial charge is 0.302 e. The Kier molecular flexibility index (Phi) is 6.18. The van der Waals surface area contributed by atoms with Gasteiger partial charge in [-0.1, -0.05) is 25.3 Å². The molecule has 3 saturated carbocycles. The molecular formula is C25H35FO4. The average Bonchev–Trinajstić information content (AvgIpc) is 2.98. The van der Waals surface area contributed by atoms with Gasteiger partial charge in [0.25, 0.3) is 0 Å². The summed E-state index contributed by atoms with van der Waals surface area (Å²) in [6, 6.07) is 0. The molecule has 4 aliphatic rings. The van der Waals surface area contributed by atoms with Crippen LogP contribution in [0, 0.1) is 35.0 Å². The number of ketones is 2. The molecule has 0 heterocycles. The fourth-order valence-electron chi connectivity index (χ4n) is 7.35. The highest BCUT2D eigenvalue weighted by Crippen LogP contribution is 2.63. The predicted octanol–water partition coefficient (Wildman–Crippen LogP) is 4.99. The Hall–Kier alpha value is -1.52. The number of Topliss-reactive ketones (excluding diaryl/α,β-unsaturated/α-hetero) is 1. The van der Waals surface area contributed by atoms with Gasteiger partial charge in [-0.05, 0) is 68.3 Å². The molecule has 0 aromatic rings. The van der Waals surface area contributed by atoms with Crippen molar-refractivity contribution in [3.63, 3.8) is 0 Å². The lowest BCUT2D eigenvalue weighted by Gasteiger charge is -2.56. The zero-order valence-corrected chi connectivity index (χ0v) is 18.3. The van der Waals surface area contributed by atoms with Gasteiger partial charge < -0.3 is 4.74 Å². The Morgan fingerprint density at radius 2 is 1.97 bits per heavy atom. The average molecular weight is 419 g/mol. The number of allylic oxidation sites excluding steroid dienone is 1. The summed E-state index contributed by atoms with van der Waals surface area (Å²) in [4.78, 5) is 35.7. The van der Waals surface area contributed by atoms with Crippen LogP contribution in [0.25, 0.3) is 0 Å². The van der Waals surface area contributed by atoms with E-state index >= 15 is 4.39 Å². The van der Waals surface area contributed by atoms with Crippen molar-refractivity contribution in [1.82, 2.24) is 0 Å². The number of esters is 1. The van der Waals surface area contributed by atoms with E-state index in [0.29, 0.717) is 31.8 Å². The summed E-state index contributed by atoms with van der Waals surface area (Å²) >= 11 is 0. The van der Waals surface area contributed by atoms with Gasteiger partial charge in [-0.15, -0.1) is 0 Å². The van der Waals surface area contributed by atoms with E-state index in [9.17, 15) is 14.4 Å². The highest BCUT2D eigenvalue weighted by molar-refractivity contribution is 5.91. The second-order valence-corrected chi connectivity index (χ2v) is 10.3. The molecule has 166 valence electrons. The van der Waals surface area contributed by atoms with E-state index in [1.165, 1.54) is 12.5 Å². The number of carbonyl (C=O) groups is 3. The molecule has 4 aliphatic carbocycles. The molecule has 0 aromatic carbocycles. The van der Waals surface area contributed by atoms with Crippen LogP contribution in [0.5, 0.6) is 0 Å². The van der Waals surface area contributed by atoms with Crippen LogP contribution in [0.15, 0.2) is 11.6 Å². The van der Waals surface area contributed by atoms with Crippen molar-refractivity contribution in [1.29, 1.82) is 0 Å². The molecule has 0 radical (unpaired) electrons. The van der Waals surface area contributed by atoms with Crippen molar-refractivity contribution in [2.24, 2.45) is 35.0 Å². The third kappa shape index (κ3) is 3.89. The second kappa shape index (κ2) is 8.55. The van der Waals surface area contributed by atoms with Gasteiger partial charge in [-0.25, -0.2) is 4.39 Å². The number of carbonyl (C=O) groups excluding carboxylic acids is 3. The first kappa shape index (κ1) is 21.7. The van der Waals surface area contributed by atoms with E-state index in [1.807, 2.05) is 13.0 Å². The number of hydrogen-bond acceptors (Lipinski definition) is 4. The maximum atomic E-state index is 15.7. The van der Waals surface area contributed by atoms with Gasteiger partial charge in [0.2, 0.25) is 0 Å². The van der Waals surface area contributed by atoms with Crippen molar-refractivity contribution in [2.75, 3.05) is 6.61 Å². The van der Waals surface area contributed by atoms with Gasteiger partial charge in [0.05, 0.1) is 6.61 Å². The lowest BCUT2D eigenvalue weighted by molar-refractivity contribution is -0.141. The number of halogens is 1. The first-order valence-corrected chi connectivity index (χ1v) is 11.9. The quantitative estimate of drug-likeness (QED) is 0.450. The van der Waals surface area contributed by atoms with E-state index in [2.05, 4.69) is 0 Å². The van der Waals surface area contributed by atoms with Crippen LogP contribution < -0.4 is 0 Å². The first-order chi connectivity index (χ1) is 14.3. The van der Waals surface area contributed by atoms with Gasteiger partial charge >= 0.3 is 5.97 Å². The maximum absolute atomic E-state index is 15.7. The van der Waals surface area contributed by atoms with E-state index in [4.69, 9.17) is 4.74 Å². The zero-order valence-electron chi connectivity index (χ0n) is 18.3. The van der Waals surface area contributed by atoms with Crippen molar-refractivity contribution in [3.8, 4) is 0 Å². The van der Waals surface area contributed by atoms with E-state index in [-0.39, 0.29) is 41.2 Å². The molecule has 3 fully saturated rings. The van der Waals surface area contributed by atoms with E-state index in [0.717, 1.165) is 44.9 Å². The van der Waals surface area contributed by atoms with Crippen LogP contribution in [-0.2, 0) is 19.1 Å². The van der Waals surface area contributed by atoms with Crippen LogP contribution in [0.3, 0.4) is 0 Å². The summed E-state index contributed by atoms with van der Waals surface area (Å²) in [6.45, 7) is 3.89. The van der Waals surface area contributed by atoms with Crippen LogP contribution >= 0.6 is 0 Å². The molecule has 0 amide bonds. The minimum Gasteiger partial charge on any atom is -0.466 e. The summed E-state index contributed by atoms with van der Waals surface area (Å²) < 4.78 is 20.7. The Labute approximate surface area is 179 Å². The molecule has 0 saturated heterocycles. The minimum absolute atomic E-state index is 0.0341. The minimum atomic E-state index is -0.952. The lowest BCUT2D eigenvalue weighted by Crippen LogP contribution is -2.54. The molecule has 7 atom stereocenters. The highest BCUT2D eigenvalue weighted by Gasteiger charge is 2.61. The molecule has 2 unspecified atom stereocenters. The fourth-order valence-corrected chi connectivity index (χ4v) is 7.35. The molecule has 0 spiro atoms. The molecule has 4 nitrogen and oxygen atoms in total. The molecule has 0 N–H and O–H groups in total. The van der Waals surface area contributed by atoms with Gasteiger partial charge in [-0.3, -0.25) is 14.4 Å². The first-order valence-electron chi connectivity index (χ1n) is 11.9. The second-order valence-electron chi connectivity index (χ2n) is 10.3. The Morgan fingerprint density at radius 1 is 1.17 bits per heavy atom. The van der Waals surface area contributed by atoms with E-state index in [1.54, 1.807) is 0 Å². The third-order valence-corrected chi connectivity index (χ3v) is 8.64. The SMILES string of the molecule is CC(=O)OCCCCCC1CC2=CC(=O)CC[C@@H]2[C@H]2C(F)C[C@]3(C)C(=O)CC[C@H]3[C@H]12. The van der Waals surface area contributed by atoms with Gasteiger partial charge in [-0.2, -0.15) is 0 Å². The predicted molar refractivity (Wildman–Crippen MR) is 111 cm³/mol. The molecule has 0 bridgehead atoms. The molecule has 0 aromatic heterocycles. The summed E-state index contributed by atoms with van der Waals surface area (Å²) in [5, 5.41) is 0. The fraction of sp³-hybridized carbons (Fsp3) is 0.800. The number of rotatable bonds is 6. The van der Waals surface area contributed by atoms with Crippen LogP contribution in [-0.4, -0.2) is 30.3 Å². The Bertz CT molecular complexity index is 743. The number of hydrogen-bond donors (Lipinski definition) is 0. The van der Waals surface area contributed by atoms with Crippen molar-refractivity contribution < 1.29 is 23.5 Å². The topological polar surface area (TPSA) is 60.4 Å². The molecule has 0 aliphatic heterocycles. The van der Waals surface area contributed by atoms with Crippen molar-refractivity contribution in [3.05, 3.63) is 11.6 Å². The summed E-state index contributed by atoms with van der Waals surface area (Å²) in [5.41, 5.74) is 0.674. The van der Waals surface area contributed by atoms with E-state index < -0.39 is 11.6 Å². The molecular weight excluding hydrogens is 383 g/mol. The summed E-state index contributed by atoms with van der Waals surface area (Å²) in [6.07, 6.45) is 8.74. The van der Waals surface area contributed by atoms with Crippen LogP contribution in [0.4, 0.5) is 4.39 Å². The van der Waals surface area contributed by atoms with Crippen LogP contribution in [0.1, 0.15) is 78.1 Å². The van der Waals surface area contributed by atoms with Gasteiger partial charge in [0.1, 0.15) is 12.0 Å². The summed E-state index contributed by atoms with van der Waals surface area (Å²) in [5.74, 6) is 1.22. The largest absolute Gasteiger partial charge is 0.466 e. The van der Waals surface area contributed by atoms with Crippen LogP contribution in [0.2, 0.25) is 0 Å². The Morgan fingerprint density at radius 3 is 2.73 bits per heavy atom. The number of fused-ring (bicyclic) bond motifs is 5. The van der Waals surface area contributed by atoms with Crippen molar-refractivity contribution in [2.45, 2.75) is 84.2 Å². The molecule has 30 heavy (non-hydrogen) atoms. The van der Waals surface area contributed by atoms with Gasteiger partial charge in [0.15, 0.2) is 5.78 Å². The monoisotopic (exact) mass is 418 g/mol. The third-order valence-electron chi connectivity index (χ3n) is 8.64. The zero-order chi connectivity index (χ0) is 21.5. The molecule has 5 heteroatoms. The highest BCUT2D eigenvalue weighted by atomic mass is 19.1. The lowest BCUT2D eigenvalue weighted by atomic mass is 9.48. The van der Waals surface area contributed by atoms with Gasteiger partial charge in [0, 0.05) is 31.1 Å². The number of unbranched alkanes of at least 4 members (excludes halogenated alkanes) is 2. The summed E-state index contributed by atoms with van der Waals surface area (Å²) in [7, 11) is 0. The standard InChI is InChI=1S/C25H35FO4/c1-15(27)30-11-5-3-4-6-16-12-17-13-18(28)7-8-19(17)24-21(26)14-25(2)20(23(16)24)9-10-22(25)29/h13,16,19-21,23-24H,3-12,14H2,1-2H3/t16?,19-,20-,21?,23-,24-,25-/m0/s1. The van der Waals surface area contributed by atoms with Crippen molar-refractivity contribution >= 4 is 17.5 Å². The number of ether oxygens (including phenoxy) is 1.